The fourth-order valence-electron chi connectivity index (χ4n) is 8.37. The molecule has 71 heavy (non-hydrogen) atoms. The number of halogens is 2. The van der Waals surface area contributed by atoms with Crippen molar-refractivity contribution in [1.82, 2.24) is 0 Å². The average Bonchev–Trinajstić information content (AvgIpc) is 3.30. The number of benzene rings is 1. The van der Waals surface area contributed by atoms with Gasteiger partial charge in [-0.3, -0.25) is 4.79 Å². The second-order valence-electron chi connectivity index (χ2n) is 19.2. The molecule has 0 spiro atoms. The van der Waals surface area contributed by atoms with Crippen molar-refractivity contribution in [1.29, 1.82) is 0 Å². The van der Waals surface area contributed by atoms with Crippen LogP contribution in [-0.2, 0) is 47.5 Å². The first-order chi connectivity index (χ1) is 33.2. The highest BCUT2D eigenvalue weighted by atomic mass is 35.5. The molecule has 14 atom stereocenters. The summed E-state index contributed by atoms with van der Waals surface area (Å²) in [6.45, 7) is 17.8. The summed E-state index contributed by atoms with van der Waals surface area (Å²) in [5, 5.41) is 76.0. The molecule has 398 valence electrons. The van der Waals surface area contributed by atoms with Crippen LogP contribution in [-0.4, -0.2) is 153 Å². The summed E-state index contributed by atoms with van der Waals surface area (Å²) in [4.78, 5) is 39.8. The van der Waals surface area contributed by atoms with Crippen LogP contribution in [0, 0.1) is 18.8 Å². The largest absolute Gasteiger partial charge is 0.505 e. The highest BCUT2D eigenvalue weighted by Gasteiger charge is 2.53. The third-order valence-corrected chi connectivity index (χ3v) is 13.6. The Labute approximate surface area is 425 Å². The number of aromatic hydroxyl groups is 2. The third kappa shape index (κ3) is 14.7. The lowest BCUT2D eigenvalue weighted by molar-refractivity contribution is -0.333. The van der Waals surface area contributed by atoms with Crippen molar-refractivity contribution in [2.45, 2.75) is 181 Å². The van der Waals surface area contributed by atoms with Gasteiger partial charge in [0.1, 0.15) is 46.7 Å². The molecule has 0 saturated carbocycles. The molecule has 4 rings (SSSR count). The van der Waals surface area contributed by atoms with Crippen LogP contribution in [0.25, 0.3) is 0 Å². The SMILES string of the molecule is CCC1/C=C(\C)C(O)C/C=C/C=C(\CO[C@H]2O[C@@H](C)[C@H](OC(=O)c3c(C)c(Cl)c(O)c(Cl)c3O)[C@@H](O)[C@H]2OC)C(=O)OC(C(C)O)C/C=C(C)/C=C(\C)C1O[C@@H]1OC(C)(C)[C@@H](OC(=O)C(C)C)[C@H](O)[C@@H]1O. The van der Waals surface area contributed by atoms with Gasteiger partial charge >= 0.3 is 17.9 Å². The summed E-state index contributed by atoms with van der Waals surface area (Å²) < 4.78 is 47.4. The number of hydrogen-bond acceptors (Lipinski definition) is 18. The number of phenols is 2. The number of allylic oxidation sites excluding steroid dienone is 4. The lowest BCUT2D eigenvalue weighted by Gasteiger charge is -2.47. The van der Waals surface area contributed by atoms with E-state index in [-0.39, 0.29) is 29.0 Å². The zero-order valence-electron chi connectivity index (χ0n) is 42.3. The number of hydrogen-bond donors (Lipinski definition) is 7. The van der Waals surface area contributed by atoms with Crippen LogP contribution in [0.3, 0.4) is 0 Å². The predicted molar refractivity (Wildman–Crippen MR) is 260 cm³/mol. The Morgan fingerprint density at radius 3 is 2.17 bits per heavy atom. The van der Waals surface area contributed by atoms with Gasteiger partial charge in [0.05, 0.1) is 47.5 Å². The molecule has 18 nitrogen and oxygen atoms in total. The fraction of sp³-hybridized carbons (Fsp3) is 0.627. The molecular weight excluding hydrogens is 971 g/mol. The van der Waals surface area contributed by atoms with Gasteiger partial charge in [0.2, 0.25) is 0 Å². The number of phenolic OH excluding ortho intramolecular Hbond substituents is 2. The molecule has 1 aromatic carbocycles. The van der Waals surface area contributed by atoms with Crippen molar-refractivity contribution in [2.75, 3.05) is 13.7 Å². The minimum absolute atomic E-state index is 0.0285. The van der Waals surface area contributed by atoms with Crippen molar-refractivity contribution in [3.05, 3.63) is 79.9 Å². The number of rotatable bonds is 12. The average molecular weight is 1040 g/mol. The van der Waals surface area contributed by atoms with Crippen LogP contribution < -0.4 is 0 Å². The molecule has 5 unspecified atom stereocenters. The van der Waals surface area contributed by atoms with E-state index < -0.39 is 144 Å². The summed E-state index contributed by atoms with van der Waals surface area (Å²) >= 11 is 12.1. The number of esters is 3. The van der Waals surface area contributed by atoms with E-state index in [1.54, 1.807) is 46.8 Å². The van der Waals surface area contributed by atoms with Crippen molar-refractivity contribution in [3.63, 3.8) is 0 Å². The first-order valence-corrected chi connectivity index (χ1v) is 24.4. The van der Waals surface area contributed by atoms with E-state index >= 15 is 0 Å². The van der Waals surface area contributed by atoms with E-state index in [4.69, 9.17) is 61.1 Å². The summed E-state index contributed by atoms with van der Waals surface area (Å²) in [7, 11) is 1.26. The zero-order chi connectivity index (χ0) is 53.4. The molecule has 0 aliphatic carbocycles. The Hall–Kier alpha value is -3.89. The summed E-state index contributed by atoms with van der Waals surface area (Å²) in [6, 6.07) is 0. The first-order valence-electron chi connectivity index (χ1n) is 23.6. The van der Waals surface area contributed by atoms with Crippen LogP contribution in [0.2, 0.25) is 10.0 Å². The lowest BCUT2D eigenvalue weighted by Crippen LogP contribution is -2.64. The minimum Gasteiger partial charge on any atom is -0.505 e. The molecule has 3 aliphatic rings. The molecule has 2 saturated heterocycles. The van der Waals surface area contributed by atoms with Gasteiger partial charge in [-0.2, -0.15) is 0 Å². The molecule has 0 aromatic heterocycles. The number of ether oxygens (including phenoxy) is 8. The molecule has 0 amide bonds. The molecule has 0 radical (unpaired) electrons. The maximum absolute atomic E-state index is 13.9. The van der Waals surface area contributed by atoms with E-state index in [0.29, 0.717) is 23.1 Å². The quantitative estimate of drug-likeness (QED) is 0.0721. The van der Waals surface area contributed by atoms with Gasteiger partial charge in [-0.1, -0.05) is 79.9 Å². The van der Waals surface area contributed by atoms with Crippen LogP contribution >= 0.6 is 23.2 Å². The second kappa shape index (κ2) is 25.9. The maximum Gasteiger partial charge on any atom is 0.342 e. The van der Waals surface area contributed by atoms with Gasteiger partial charge in [-0.05, 0) is 91.0 Å². The molecule has 2 fully saturated rings. The van der Waals surface area contributed by atoms with E-state index in [1.807, 2.05) is 32.9 Å². The third-order valence-electron chi connectivity index (χ3n) is 12.8. The fourth-order valence-corrected chi connectivity index (χ4v) is 8.79. The van der Waals surface area contributed by atoms with Crippen molar-refractivity contribution < 1.29 is 88.0 Å². The molecule has 7 N–H and O–H groups in total. The zero-order valence-corrected chi connectivity index (χ0v) is 43.8. The number of aliphatic hydroxyl groups is 5. The Bertz CT molecular complexity index is 2170. The van der Waals surface area contributed by atoms with Gasteiger partial charge in [-0.15, -0.1) is 0 Å². The Kier molecular flexibility index (Phi) is 21.7. The van der Waals surface area contributed by atoms with Gasteiger partial charge in [-0.25, -0.2) is 9.59 Å². The topological polar surface area (TPSA) is 267 Å². The number of methoxy groups -OCH3 is 1. The highest BCUT2D eigenvalue weighted by Crippen LogP contribution is 2.44. The first kappa shape index (κ1) is 59.7. The molecule has 3 aliphatic heterocycles. The normalized spacial score (nSPS) is 35.2. The minimum atomic E-state index is -1.61. The smallest absolute Gasteiger partial charge is 0.342 e. The van der Waals surface area contributed by atoms with E-state index in [2.05, 4.69) is 0 Å². The molecule has 0 bridgehead atoms. The van der Waals surface area contributed by atoms with E-state index in [0.717, 1.165) is 0 Å². The number of cyclic esters (lactones) is 1. The number of carbonyl (C=O) groups is 3. The molecule has 3 heterocycles. The number of carbonyl (C=O) groups excluding carboxylic acids is 3. The Morgan fingerprint density at radius 2 is 1.56 bits per heavy atom. The predicted octanol–water partition coefficient (Wildman–Crippen LogP) is 5.98. The summed E-state index contributed by atoms with van der Waals surface area (Å²) in [5.41, 5.74) is 0.193. The van der Waals surface area contributed by atoms with Gasteiger partial charge < -0.3 is 73.6 Å². The molecular formula is C51H72Cl2O18. The van der Waals surface area contributed by atoms with Crippen molar-refractivity contribution >= 4 is 41.1 Å². The summed E-state index contributed by atoms with van der Waals surface area (Å²) in [6.07, 6.45) is -5.56. The van der Waals surface area contributed by atoms with Crippen LogP contribution in [0.5, 0.6) is 11.5 Å². The van der Waals surface area contributed by atoms with Gasteiger partial charge in [0.15, 0.2) is 36.3 Å². The highest BCUT2D eigenvalue weighted by molar-refractivity contribution is 6.39. The number of aliphatic hydroxyl groups excluding tert-OH is 5. The van der Waals surface area contributed by atoms with Crippen LogP contribution in [0.1, 0.15) is 104 Å². The standard InChI is InChI=1S/C51H72Cl2O18/c1-13-30-21-25(5)32(55)17-15-14-16-31(22-65-50-44(64-12)41(60)43(29(9)66-50)68-48(63)34-27(7)35(52)38(57)36(53)37(34)56)47(62)67-33(28(8)54)19-18-24(4)20-26(6)42(30)69-49-40(59)39(58)45(51(10,11)71-49)70-46(61)23(2)3/h14-16,18,20-21,23,28-30,32-33,39-45,49-50,54-60H,13,17,19,22H2,1-12H3/b15-14+,24-18+,25-21+,26-20+,31-16+/t28?,29-,30?,32?,33?,39+,40-,41+,42?,43-,44+,45-,49+,50-/m0/s1. The van der Waals surface area contributed by atoms with E-state index in [1.165, 1.54) is 40.0 Å². The molecule has 1 aromatic rings. The second-order valence-corrected chi connectivity index (χ2v) is 19.9. The van der Waals surface area contributed by atoms with Gasteiger partial charge in [0.25, 0.3) is 0 Å². The van der Waals surface area contributed by atoms with Gasteiger partial charge in [0, 0.05) is 19.4 Å². The van der Waals surface area contributed by atoms with E-state index in [9.17, 15) is 50.1 Å². The van der Waals surface area contributed by atoms with Crippen LogP contribution in [0.4, 0.5) is 0 Å². The van der Waals surface area contributed by atoms with Crippen molar-refractivity contribution in [3.8, 4) is 11.5 Å². The maximum atomic E-state index is 13.9. The van der Waals surface area contributed by atoms with Crippen molar-refractivity contribution in [2.24, 2.45) is 11.8 Å². The lowest BCUT2D eigenvalue weighted by atomic mass is 9.88. The summed E-state index contributed by atoms with van der Waals surface area (Å²) in [5.74, 6) is -4.84. The monoisotopic (exact) mass is 1040 g/mol. The Balaban J connectivity index is 1.60. The van der Waals surface area contributed by atoms with Crippen LogP contribution in [0.15, 0.2) is 58.7 Å². The Morgan fingerprint density at radius 1 is 0.901 bits per heavy atom. The molecule has 20 heteroatoms.